The molecule has 0 aliphatic carbocycles. The van der Waals surface area contributed by atoms with Crippen LogP contribution < -0.4 is 20.5 Å². The summed E-state index contributed by atoms with van der Waals surface area (Å²) in [6.45, 7) is 11.6. The smallest absolute Gasteiger partial charge is 0.340 e. The Hall–Kier alpha value is -5.79. The first-order valence-electron chi connectivity index (χ1n) is 19.4. The number of nitrogens with zero attached hydrogens (tertiary/aromatic N) is 4. The summed E-state index contributed by atoms with van der Waals surface area (Å²) in [5, 5.41) is 2.66. The van der Waals surface area contributed by atoms with Gasteiger partial charge >= 0.3 is 11.9 Å². The van der Waals surface area contributed by atoms with Crippen molar-refractivity contribution in [2.45, 2.75) is 53.4 Å². The lowest BCUT2D eigenvalue weighted by atomic mass is 9.98. The summed E-state index contributed by atoms with van der Waals surface area (Å²) < 4.78 is 79.3. The van der Waals surface area contributed by atoms with Gasteiger partial charge in [0.15, 0.2) is 5.82 Å². The molecule has 0 aliphatic heterocycles. The van der Waals surface area contributed by atoms with Crippen molar-refractivity contribution in [1.29, 1.82) is 0 Å². The quantitative estimate of drug-likeness (QED) is 0.0579. The minimum absolute atomic E-state index is 0.00541. The van der Waals surface area contributed by atoms with E-state index < -0.39 is 35.2 Å². The van der Waals surface area contributed by atoms with Crippen LogP contribution in [0.4, 0.5) is 34.6 Å². The molecule has 0 saturated carbocycles. The Morgan fingerprint density at radius 2 is 1.09 bits per heavy atom. The highest BCUT2D eigenvalue weighted by molar-refractivity contribution is 14.1. The maximum atomic E-state index is 16.0. The molecule has 0 spiro atoms. The lowest BCUT2D eigenvalue weighted by Crippen LogP contribution is -2.12. The number of nitrogens with one attached hydrogen (secondary N) is 1. The van der Waals surface area contributed by atoms with Crippen molar-refractivity contribution in [3.8, 4) is 33.8 Å². The van der Waals surface area contributed by atoms with Gasteiger partial charge in [0.1, 0.15) is 41.6 Å². The number of ether oxygens (including phenoxy) is 4. The number of anilines is 3. The lowest BCUT2D eigenvalue weighted by molar-refractivity contribution is 0.0591. The SMILES string of the molecule is COC(=O)c1cc(Cl)c(-c2c(F)cccc2OC)c(F)c1I.COC(=O)c1cc(Cl)c(-c2c(F)cccc2OC)c(F)c1Nc1c(C)ncnc1C(C)C.Cc1ncnc(C(C)C)c1N. The Bertz CT molecular complexity index is 2730. The van der Waals surface area contributed by atoms with Crippen LogP contribution in [0.2, 0.25) is 10.0 Å². The third kappa shape index (κ3) is 11.5. The summed E-state index contributed by atoms with van der Waals surface area (Å²) in [4.78, 5) is 40.6. The van der Waals surface area contributed by atoms with Crippen LogP contribution in [0.5, 0.6) is 11.5 Å². The summed E-state index contributed by atoms with van der Waals surface area (Å²) >= 11 is 14.1. The molecule has 3 N–H and O–H groups in total. The molecule has 19 heteroatoms. The van der Waals surface area contributed by atoms with Gasteiger partial charge in [-0.2, -0.15) is 0 Å². The highest BCUT2D eigenvalue weighted by Crippen LogP contribution is 2.44. The molecule has 0 aliphatic rings. The van der Waals surface area contributed by atoms with Gasteiger partial charge in [-0.3, -0.25) is 0 Å². The average Bonchev–Trinajstić information content (AvgIpc) is 3.27. The van der Waals surface area contributed by atoms with E-state index in [0.29, 0.717) is 23.0 Å². The fraction of sp³-hybridized carbons (Fsp3) is 0.261. The monoisotopic (exact) mass is 1050 g/mol. The molecule has 0 unspecified atom stereocenters. The Morgan fingerprint density at radius 1 is 0.646 bits per heavy atom. The molecular formula is C46H45Cl2F4IN6O6. The fourth-order valence-corrected chi connectivity index (χ4v) is 7.55. The summed E-state index contributed by atoms with van der Waals surface area (Å²) in [7, 11) is 5.03. The summed E-state index contributed by atoms with van der Waals surface area (Å²) in [5.41, 5.74) is 8.79. The molecule has 344 valence electrons. The summed E-state index contributed by atoms with van der Waals surface area (Å²) in [5.74, 6) is -4.13. The van der Waals surface area contributed by atoms with Gasteiger partial charge in [-0.05, 0) is 84.7 Å². The first-order valence-corrected chi connectivity index (χ1v) is 21.3. The number of benzene rings is 4. The topological polar surface area (TPSA) is 161 Å². The van der Waals surface area contributed by atoms with Crippen molar-refractivity contribution in [2.24, 2.45) is 0 Å². The first-order chi connectivity index (χ1) is 30.7. The molecule has 6 rings (SSSR count). The lowest BCUT2D eigenvalue weighted by Gasteiger charge is -2.20. The molecule has 0 bridgehead atoms. The van der Waals surface area contributed by atoms with Crippen molar-refractivity contribution in [2.75, 3.05) is 39.5 Å². The van der Waals surface area contributed by atoms with Gasteiger partial charge in [0.25, 0.3) is 0 Å². The van der Waals surface area contributed by atoms with Crippen LogP contribution >= 0.6 is 45.8 Å². The van der Waals surface area contributed by atoms with Gasteiger partial charge in [-0.1, -0.05) is 63.0 Å². The number of carbonyl (C=O) groups excluding carboxylic acids is 2. The highest BCUT2D eigenvalue weighted by Gasteiger charge is 2.29. The van der Waals surface area contributed by atoms with Crippen LogP contribution in [0.15, 0.2) is 61.2 Å². The van der Waals surface area contributed by atoms with Crippen molar-refractivity contribution in [3.05, 3.63) is 132 Å². The van der Waals surface area contributed by atoms with Gasteiger partial charge in [-0.15, -0.1) is 0 Å². The minimum Gasteiger partial charge on any atom is -0.496 e. The van der Waals surface area contributed by atoms with Gasteiger partial charge in [0, 0.05) is 11.1 Å². The molecule has 0 radical (unpaired) electrons. The second-order valence-electron chi connectivity index (χ2n) is 14.4. The number of hydrogen-bond donors (Lipinski definition) is 2. The third-order valence-corrected chi connectivity index (χ3v) is 11.3. The zero-order chi connectivity index (χ0) is 48.4. The summed E-state index contributed by atoms with van der Waals surface area (Å²) in [6, 6.07) is 10.7. The number of nitrogen functional groups attached to an aromatic ring is 1. The van der Waals surface area contributed by atoms with Gasteiger partial charge < -0.3 is 30.0 Å². The average molecular weight is 1050 g/mol. The highest BCUT2D eigenvalue weighted by atomic mass is 127. The van der Waals surface area contributed by atoms with Crippen molar-refractivity contribution in [1.82, 2.24) is 19.9 Å². The fourth-order valence-electron chi connectivity index (χ4n) is 6.33. The van der Waals surface area contributed by atoms with E-state index in [-0.39, 0.29) is 70.1 Å². The molecule has 0 atom stereocenters. The number of rotatable bonds is 10. The molecule has 2 aromatic heterocycles. The van der Waals surface area contributed by atoms with Gasteiger partial charge in [-0.25, -0.2) is 47.1 Å². The second kappa shape index (κ2) is 22.9. The molecule has 0 fully saturated rings. The van der Waals surface area contributed by atoms with Crippen LogP contribution in [0.3, 0.4) is 0 Å². The van der Waals surface area contributed by atoms with E-state index in [1.54, 1.807) is 35.8 Å². The van der Waals surface area contributed by atoms with Crippen LogP contribution in [-0.4, -0.2) is 60.3 Å². The maximum Gasteiger partial charge on any atom is 0.340 e. The normalized spacial score (nSPS) is 10.7. The molecule has 6 aromatic rings. The van der Waals surface area contributed by atoms with Gasteiger partial charge in [0.05, 0.1) is 104 Å². The maximum absolute atomic E-state index is 16.0. The molecule has 12 nitrogen and oxygen atoms in total. The van der Waals surface area contributed by atoms with E-state index in [9.17, 15) is 22.8 Å². The number of esters is 2. The van der Waals surface area contributed by atoms with Crippen LogP contribution in [0.1, 0.15) is 83.0 Å². The Morgan fingerprint density at radius 3 is 1.55 bits per heavy atom. The van der Waals surface area contributed by atoms with E-state index in [2.05, 4.69) is 43.8 Å². The molecule has 0 amide bonds. The van der Waals surface area contributed by atoms with Gasteiger partial charge in [0.2, 0.25) is 0 Å². The predicted molar refractivity (Wildman–Crippen MR) is 252 cm³/mol. The molecule has 2 heterocycles. The van der Waals surface area contributed by atoms with Crippen molar-refractivity contribution < 1.29 is 46.1 Å². The first kappa shape index (κ1) is 51.8. The molecule has 0 saturated heterocycles. The number of carbonyl (C=O) groups is 2. The number of aromatic nitrogens is 4. The number of halogens is 7. The minimum atomic E-state index is -0.945. The Kier molecular flexibility index (Phi) is 18.3. The van der Waals surface area contributed by atoms with E-state index in [0.717, 1.165) is 17.1 Å². The van der Waals surface area contributed by atoms with Crippen LogP contribution in [-0.2, 0) is 9.47 Å². The summed E-state index contributed by atoms with van der Waals surface area (Å²) in [6.07, 6.45) is 2.96. The Balaban J connectivity index is 0.000000241. The van der Waals surface area contributed by atoms with E-state index in [1.165, 1.54) is 83.3 Å². The number of methoxy groups -OCH3 is 4. The van der Waals surface area contributed by atoms with E-state index in [1.807, 2.05) is 20.8 Å². The molecular weight excluding hydrogens is 1010 g/mol. The molecule has 4 aromatic carbocycles. The van der Waals surface area contributed by atoms with E-state index >= 15 is 4.39 Å². The van der Waals surface area contributed by atoms with Crippen molar-refractivity contribution >= 4 is 74.8 Å². The Labute approximate surface area is 397 Å². The zero-order valence-electron chi connectivity index (χ0n) is 36.9. The van der Waals surface area contributed by atoms with Crippen LogP contribution in [0, 0.1) is 40.7 Å². The molecule has 65 heavy (non-hydrogen) atoms. The largest absolute Gasteiger partial charge is 0.496 e. The number of nitrogens with two attached hydrogens (primary N) is 1. The van der Waals surface area contributed by atoms with Crippen molar-refractivity contribution in [3.63, 3.8) is 0 Å². The number of aryl methyl sites for hydroxylation is 2. The van der Waals surface area contributed by atoms with Crippen LogP contribution in [0.25, 0.3) is 22.3 Å². The predicted octanol–water partition coefficient (Wildman–Crippen LogP) is 12.2. The third-order valence-electron chi connectivity index (χ3n) is 9.60. The zero-order valence-corrected chi connectivity index (χ0v) is 40.6. The second-order valence-corrected chi connectivity index (χ2v) is 16.3. The standard InChI is InChI=1S/C23H22ClF2N3O3.C15H10ClF2IO3.C8H13N3/c1-11(2)20-21(12(3)27-10-28-20)29-22-13(23(30)32-5)9-14(24)17(19(22)26)18-15(25)7-6-8-16(18)31-4;1-21-10-5-3-4-9(17)12(10)11-8(16)6-7(15(20)22-2)14(19)13(11)18;1-5(2)8-7(9)6(3)10-4-11-8/h6-11,29H,1-5H3;3-6H,1-2H3;4-5H,9H2,1-3H3. The van der Waals surface area contributed by atoms with E-state index in [4.69, 9.17) is 43.1 Å². The number of hydrogen-bond acceptors (Lipinski definition) is 12.